The van der Waals surface area contributed by atoms with Gasteiger partial charge in [-0.2, -0.15) is 0 Å². The van der Waals surface area contributed by atoms with Gasteiger partial charge < -0.3 is 15.2 Å². The standard InChI is InChI=1S/C22H35N7.HI/c1-3-23-22(24-12-7-8-13-28-17-25-26-18-28)27-21-11-14-29(19(2)15-21)16-20-9-5-4-6-10-20;/h4-6,9-10,17-19,21H,3,7-8,11-16H2,1-2H3,(H2,23,24,27);1H. The maximum atomic E-state index is 4.78. The molecule has 8 heteroatoms. The normalized spacial score (nSPS) is 19.9. The van der Waals surface area contributed by atoms with Crippen LogP contribution in [0.2, 0.25) is 0 Å². The molecule has 166 valence electrons. The Labute approximate surface area is 197 Å². The number of unbranched alkanes of at least 4 members (excludes halogenated alkanes) is 1. The van der Waals surface area contributed by atoms with Crippen molar-refractivity contribution >= 4 is 29.9 Å². The van der Waals surface area contributed by atoms with Crippen molar-refractivity contribution in [1.82, 2.24) is 30.3 Å². The zero-order valence-electron chi connectivity index (χ0n) is 18.2. The number of guanidine groups is 1. The van der Waals surface area contributed by atoms with Crippen molar-refractivity contribution < 1.29 is 0 Å². The highest BCUT2D eigenvalue weighted by molar-refractivity contribution is 14.0. The van der Waals surface area contributed by atoms with E-state index >= 15 is 0 Å². The van der Waals surface area contributed by atoms with E-state index in [1.807, 2.05) is 4.57 Å². The minimum absolute atomic E-state index is 0. The summed E-state index contributed by atoms with van der Waals surface area (Å²) in [5.41, 5.74) is 1.40. The highest BCUT2D eigenvalue weighted by Crippen LogP contribution is 2.19. The molecule has 1 aliphatic rings. The molecule has 2 N–H and O–H groups in total. The van der Waals surface area contributed by atoms with Gasteiger partial charge in [-0.3, -0.25) is 9.89 Å². The minimum Gasteiger partial charge on any atom is -0.357 e. The average Bonchev–Trinajstić information content (AvgIpc) is 3.24. The molecular formula is C22H36IN7. The predicted molar refractivity (Wildman–Crippen MR) is 133 cm³/mol. The van der Waals surface area contributed by atoms with E-state index in [2.05, 4.69) is 69.9 Å². The van der Waals surface area contributed by atoms with Crippen molar-refractivity contribution in [1.29, 1.82) is 0 Å². The van der Waals surface area contributed by atoms with E-state index in [0.29, 0.717) is 12.1 Å². The molecule has 0 aliphatic carbocycles. The number of aliphatic imine (C=N–C) groups is 1. The number of aryl methyl sites for hydroxylation is 1. The first-order valence-corrected chi connectivity index (χ1v) is 10.9. The number of aromatic nitrogens is 3. The van der Waals surface area contributed by atoms with Gasteiger partial charge in [0.05, 0.1) is 0 Å². The number of hydrogen-bond acceptors (Lipinski definition) is 4. The number of nitrogens with zero attached hydrogens (tertiary/aromatic N) is 5. The van der Waals surface area contributed by atoms with E-state index in [9.17, 15) is 0 Å². The molecule has 0 saturated carbocycles. The van der Waals surface area contributed by atoms with Crippen LogP contribution in [-0.2, 0) is 13.1 Å². The number of rotatable bonds is 9. The number of piperidine rings is 1. The summed E-state index contributed by atoms with van der Waals surface area (Å²) < 4.78 is 2.01. The second-order valence-corrected chi connectivity index (χ2v) is 7.84. The van der Waals surface area contributed by atoms with Gasteiger partial charge in [-0.25, -0.2) is 0 Å². The Morgan fingerprint density at radius 2 is 1.93 bits per heavy atom. The molecule has 0 bridgehead atoms. The summed E-state index contributed by atoms with van der Waals surface area (Å²) >= 11 is 0. The Morgan fingerprint density at radius 3 is 2.63 bits per heavy atom. The summed E-state index contributed by atoms with van der Waals surface area (Å²) in [4.78, 5) is 7.36. The van der Waals surface area contributed by atoms with Gasteiger partial charge in [-0.15, -0.1) is 34.2 Å². The molecule has 1 aliphatic heterocycles. The van der Waals surface area contributed by atoms with E-state index in [4.69, 9.17) is 4.99 Å². The number of likely N-dealkylation sites (tertiary alicyclic amines) is 1. The zero-order valence-corrected chi connectivity index (χ0v) is 20.5. The fraction of sp³-hybridized carbons (Fsp3) is 0.591. The van der Waals surface area contributed by atoms with Crippen LogP contribution in [0.25, 0.3) is 0 Å². The molecular weight excluding hydrogens is 489 g/mol. The zero-order chi connectivity index (χ0) is 20.3. The first kappa shape index (κ1) is 24.6. The Balaban J connectivity index is 0.00000320. The van der Waals surface area contributed by atoms with Crippen LogP contribution in [-0.4, -0.2) is 57.3 Å². The van der Waals surface area contributed by atoms with E-state index < -0.39 is 0 Å². The number of nitrogens with one attached hydrogen (secondary N) is 2. The lowest BCUT2D eigenvalue weighted by atomic mass is 9.97. The van der Waals surface area contributed by atoms with Crippen molar-refractivity contribution in [3.05, 3.63) is 48.5 Å². The van der Waals surface area contributed by atoms with Crippen molar-refractivity contribution in [3.63, 3.8) is 0 Å². The van der Waals surface area contributed by atoms with Gasteiger partial charge in [0.25, 0.3) is 0 Å². The second kappa shape index (κ2) is 13.6. The minimum atomic E-state index is 0. The van der Waals surface area contributed by atoms with E-state index in [-0.39, 0.29) is 24.0 Å². The van der Waals surface area contributed by atoms with Crippen molar-refractivity contribution in [2.24, 2.45) is 4.99 Å². The van der Waals surface area contributed by atoms with Gasteiger partial charge in [0.15, 0.2) is 5.96 Å². The van der Waals surface area contributed by atoms with E-state index in [0.717, 1.165) is 64.4 Å². The summed E-state index contributed by atoms with van der Waals surface area (Å²) in [6.07, 6.45) is 7.96. The molecule has 2 aromatic rings. The third kappa shape index (κ3) is 8.22. The lowest BCUT2D eigenvalue weighted by Crippen LogP contribution is -2.51. The molecule has 1 aromatic heterocycles. The molecule has 0 spiro atoms. The van der Waals surface area contributed by atoms with Crippen LogP contribution in [0.15, 0.2) is 48.0 Å². The SMILES string of the molecule is CCNC(=NCCCCn1cnnc1)NC1CCN(Cc2ccccc2)C(C)C1.I. The van der Waals surface area contributed by atoms with Gasteiger partial charge in [-0.05, 0) is 45.1 Å². The number of halogens is 1. The molecule has 3 rings (SSSR count). The van der Waals surface area contributed by atoms with Gasteiger partial charge in [0.1, 0.15) is 12.7 Å². The fourth-order valence-electron chi connectivity index (χ4n) is 3.85. The number of benzene rings is 1. The Morgan fingerprint density at radius 1 is 1.17 bits per heavy atom. The number of hydrogen-bond donors (Lipinski definition) is 2. The van der Waals surface area contributed by atoms with Crippen molar-refractivity contribution in [2.45, 2.75) is 64.7 Å². The second-order valence-electron chi connectivity index (χ2n) is 7.84. The van der Waals surface area contributed by atoms with Crippen molar-refractivity contribution in [3.8, 4) is 0 Å². The molecule has 0 amide bonds. The molecule has 0 radical (unpaired) electrons. The van der Waals surface area contributed by atoms with E-state index in [1.165, 1.54) is 5.56 Å². The predicted octanol–water partition coefficient (Wildman–Crippen LogP) is 3.28. The molecule has 1 aromatic carbocycles. The van der Waals surface area contributed by atoms with Gasteiger partial charge >= 0.3 is 0 Å². The van der Waals surface area contributed by atoms with Crippen LogP contribution in [0.4, 0.5) is 0 Å². The topological polar surface area (TPSA) is 70.4 Å². The summed E-state index contributed by atoms with van der Waals surface area (Å²) in [6.45, 7) is 9.28. The highest BCUT2D eigenvalue weighted by Gasteiger charge is 2.25. The molecule has 2 atom stereocenters. The van der Waals surface area contributed by atoms with E-state index in [1.54, 1.807) is 12.7 Å². The first-order valence-electron chi connectivity index (χ1n) is 10.9. The maximum Gasteiger partial charge on any atom is 0.191 e. The monoisotopic (exact) mass is 525 g/mol. The molecule has 1 saturated heterocycles. The Kier molecular flexibility index (Phi) is 11.1. The molecule has 2 heterocycles. The quantitative estimate of drug-likeness (QED) is 0.228. The van der Waals surface area contributed by atoms with Gasteiger partial charge in [0, 0.05) is 44.8 Å². The van der Waals surface area contributed by atoms with Crippen LogP contribution < -0.4 is 10.6 Å². The molecule has 30 heavy (non-hydrogen) atoms. The Hall–Kier alpha value is -1.68. The van der Waals surface area contributed by atoms with Crippen LogP contribution in [0.5, 0.6) is 0 Å². The third-order valence-electron chi connectivity index (χ3n) is 5.49. The molecule has 1 fully saturated rings. The maximum absolute atomic E-state index is 4.78. The third-order valence-corrected chi connectivity index (χ3v) is 5.49. The lowest BCUT2D eigenvalue weighted by molar-refractivity contribution is 0.134. The first-order chi connectivity index (χ1) is 14.2. The van der Waals surface area contributed by atoms with Crippen LogP contribution in [0.3, 0.4) is 0 Å². The van der Waals surface area contributed by atoms with Crippen LogP contribution in [0, 0.1) is 0 Å². The largest absolute Gasteiger partial charge is 0.357 e. The summed E-state index contributed by atoms with van der Waals surface area (Å²) in [5, 5.41) is 14.7. The van der Waals surface area contributed by atoms with Gasteiger partial charge in [0.2, 0.25) is 0 Å². The Bertz CT molecular complexity index is 720. The fourth-order valence-corrected chi connectivity index (χ4v) is 3.85. The van der Waals surface area contributed by atoms with Crippen LogP contribution in [0.1, 0.15) is 45.1 Å². The van der Waals surface area contributed by atoms with Crippen LogP contribution >= 0.6 is 24.0 Å². The summed E-state index contributed by atoms with van der Waals surface area (Å²) in [7, 11) is 0. The summed E-state index contributed by atoms with van der Waals surface area (Å²) in [6, 6.07) is 11.8. The highest BCUT2D eigenvalue weighted by atomic mass is 127. The lowest BCUT2D eigenvalue weighted by Gasteiger charge is -2.38. The average molecular weight is 525 g/mol. The summed E-state index contributed by atoms with van der Waals surface area (Å²) in [5.74, 6) is 0.950. The molecule has 2 unspecified atom stereocenters. The van der Waals surface area contributed by atoms with Gasteiger partial charge in [-0.1, -0.05) is 30.3 Å². The molecule has 7 nitrogen and oxygen atoms in total. The smallest absolute Gasteiger partial charge is 0.191 e. The van der Waals surface area contributed by atoms with Crippen molar-refractivity contribution in [2.75, 3.05) is 19.6 Å².